The average molecular weight is 239 g/mol. The number of nitrogens with two attached hydrogens (primary N) is 1. The third-order valence-electron chi connectivity index (χ3n) is 2.21. The topological polar surface area (TPSA) is 63.3 Å². The second kappa shape index (κ2) is 7.30. The molecule has 0 heterocycles. The fraction of sp³-hybridized carbons (Fsp3) is 0.417. The molecule has 0 amide bonds. The van der Waals surface area contributed by atoms with Crippen molar-refractivity contribution in [3.8, 4) is 0 Å². The third-order valence-corrected chi connectivity index (χ3v) is 3.33. The maximum atomic E-state index is 10.6. The van der Waals surface area contributed by atoms with E-state index < -0.39 is 5.97 Å². The fourth-order valence-corrected chi connectivity index (χ4v) is 2.26. The highest BCUT2D eigenvalue weighted by Crippen LogP contribution is 2.14. The Morgan fingerprint density at radius 2 is 1.94 bits per heavy atom. The summed E-state index contributed by atoms with van der Waals surface area (Å²) in [4.78, 5) is 10.6. The standard InChI is InChI=1S/C12H17NO2S/c13-7-1-2-8-16-9-10-3-5-11(6-4-10)12(14)15/h3-6H,1-2,7-9,13H2,(H,14,15). The molecule has 3 N–H and O–H groups in total. The lowest BCUT2D eigenvalue weighted by Gasteiger charge is -2.02. The SMILES string of the molecule is NCCCCSCc1ccc(C(=O)O)cc1. The zero-order chi connectivity index (χ0) is 11.8. The number of rotatable bonds is 7. The van der Waals surface area contributed by atoms with E-state index in [1.165, 1.54) is 5.56 Å². The lowest BCUT2D eigenvalue weighted by Crippen LogP contribution is -1.98. The van der Waals surface area contributed by atoms with Crippen molar-refractivity contribution in [2.45, 2.75) is 18.6 Å². The average Bonchev–Trinajstić information content (AvgIpc) is 2.29. The molecule has 0 saturated carbocycles. The van der Waals surface area contributed by atoms with Gasteiger partial charge in [0.25, 0.3) is 0 Å². The largest absolute Gasteiger partial charge is 0.478 e. The molecule has 0 saturated heterocycles. The van der Waals surface area contributed by atoms with Crippen LogP contribution in [-0.2, 0) is 5.75 Å². The number of thioether (sulfide) groups is 1. The number of hydrogen-bond acceptors (Lipinski definition) is 3. The summed E-state index contributed by atoms with van der Waals surface area (Å²) in [6.07, 6.45) is 2.22. The third kappa shape index (κ3) is 4.68. The molecule has 0 bridgehead atoms. The number of carboxylic acid groups (broad SMARTS) is 1. The van der Waals surface area contributed by atoms with E-state index in [0.29, 0.717) is 5.56 Å². The van der Waals surface area contributed by atoms with Crippen molar-refractivity contribution in [2.24, 2.45) is 5.73 Å². The van der Waals surface area contributed by atoms with Gasteiger partial charge in [0.05, 0.1) is 5.56 Å². The molecule has 88 valence electrons. The van der Waals surface area contributed by atoms with E-state index >= 15 is 0 Å². The van der Waals surface area contributed by atoms with Crippen LogP contribution in [0.4, 0.5) is 0 Å². The smallest absolute Gasteiger partial charge is 0.335 e. The van der Waals surface area contributed by atoms with Crippen LogP contribution in [0.15, 0.2) is 24.3 Å². The lowest BCUT2D eigenvalue weighted by molar-refractivity contribution is 0.0697. The molecule has 0 fully saturated rings. The predicted octanol–water partition coefficient (Wildman–Crippen LogP) is 2.36. The second-order valence-corrected chi connectivity index (χ2v) is 4.66. The van der Waals surface area contributed by atoms with Crippen LogP contribution in [0.5, 0.6) is 0 Å². The van der Waals surface area contributed by atoms with E-state index in [0.717, 1.165) is 30.9 Å². The molecule has 0 spiro atoms. The highest BCUT2D eigenvalue weighted by Gasteiger charge is 2.01. The quantitative estimate of drug-likeness (QED) is 0.717. The second-order valence-electron chi connectivity index (χ2n) is 3.55. The molecule has 1 aromatic carbocycles. The van der Waals surface area contributed by atoms with Gasteiger partial charge >= 0.3 is 5.97 Å². The zero-order valence-corrected chi connectivity index (χ0v) is 10.0. The first-order valence-electron chi connectivity index (χ1n) is 5.34. The summed E-state index contributed by atoms with van der Waals surface area (Å²) in [6.45, 7) is 0.758. The Morgan fingerprint density at radius 3 is 2.50 bits per heavy atom. The molecule has 0 radical (unpaired) electrons. The first kappa shape index (κ1) is 13.1. The Hall–Kier alpha value is -1.00. The summed E-state index contributed by atoms with van der Waals surface area (Å²) in [5.74, 6) is 1.17. The summed E-state index contributed by atoms with van der Waals surface area (Å²) in [5, 5.41) is 8.73. The first-order valence-corrected chi connectivity index (χ1v) is 6.49. The number of benzene rings is 1. The summed E-state index contributed by atoms with van der Waals surface area (Å²) in [6, 6.07) is 7.05. The maximum Gasteiger partial charge on any atom is 0.335 e. The summed E-state index contributed by atoms with van der Waals surface area (Å²) in [7, 11) is 0. The Morgan fingerprint density at radius 1 is 1.25 bits per heavy atom. The van der Waals surface area contributed by atoms with Crippen LogP contribution < -0.4 is 5.73 Å². The van der Waals surface area contributed by atoms with E-state index in [2.05, 4.69) is 0 Å². The first-order chi connectivity index (χ1) is 7.74. The molecule has 0 aromatic heterocycles. The van der Waals surface area contributed by atoms with Gasteiger partial charge in [-0.1, -0.05) is 12.1 Å². The van der Waals surface area contributed by atoms with Crippen molar-refractivity contribution < 1.29 is 9.90 Å². The minimum Gasteiger partial charge on any atom is -0.478 e. The van der Waals surface area contributed by atoms with Gasteiger partial charge in [0.15, 0.2) is 0 Å². The molecule has 0 aliphatic carbocycles. The van der Waals surface area contributed by atoms with Crippen molar-refractivity contribution in [3.63, 3.8) is 0 Å². The minimum absolute atomic E-state index is 0.344. The van der Waals surface area contributed by atoms with Crippen molar-refractivity contribution in [3.05, 3.63) is 35.4 Å². The maximum absolute atomic E-state index is 10.6. The minimum atomic E-state index is -0.873. The molecular weight excluding hydrogens is 222 g/mol. The van der Waals surface area contributed by atoms with E-state index in [1.807, 2.05) is 23.9 Å². The van der Waals surface area contributed by atoms with Crippen LogP contribution in [0, 0.1) is 0 Å². The summed E-state index contributed by atoms with van der Waals surface area (Å²) >= 11 is 1.86. The summed E-state index contributed by atoms with van der Waals surface area (Å²) < 4.78 is 0. The van der Waals surface area contributed by atoms with Crippen LogP contribution in [0.1, 0.15) is 28.8 Å². The Kier molecular flexibility index (Phi) is 5.96. The van der Waals surface area contributed by atoms with Gasteiger partial charge in [-0.15, -0.1) is 0 Å². The molecule has 16 heavy (non-hydrogen) atoms. The fourth-order valence-electron chi connectivity index (χ4n) is 1.28. The van der Waals surface area contributed by atoms with E-state index in [4.69, 9.17) is 10.8 Å². The van der Waals surface area contributed by atoms with Crippen molar-refractivity contribution in [1.29, 1.82) is 0 Å². The van der Waals surface area contributed by atoms with E-state index in [9.17, 15) is 4.79 Å². The molecule has 0 aliphatic rings. The van der Waals surface area contributed by atoms with Gasteiger partial charge in [-0.3, -0.25) is 0 Å². The van der Waals surface area contributed by atoms with Gasteiger partial charge in [-0.25, -0.2) is 4.79 Å². The van der Waals surface area contributed by atoms with Crippen LogP contribution in [0.25, 0.3) is 0 Å². The van der Waals surface area contributed by atoms with Gasteiger partial charge in [0.2, 0.25) is 0 Å². The van der Waals surface area contributed by atoms with Crippen molar-refractivity contribution in [2.75, 3.05) is 12.3 Å². The molecule has 4 heteroatoms. The van der Waals surface area contributed by atoms with Crippen molar-refractivity contribution >= 4 is 17.7 Å². The molecule has 0 aliphatic heterocycles. The van der Waals surface area contributed by atoms with Gasteiger partial charge in [-0.05, 0) is 42.8 Å². The normalized spacial score (nSPS) is 10.3. The van der Waals surface area contributed by atoms with E-state index in [1.54, 1.807) is 12.1 Å². The Balaban J connectivity index is 2.29. The molecule has 1 aromatic rings. The number of hydrogen-bond donors (Lipinski definition) is 2. The van der Waals surface area contributed by atoms with Gasteiger partial charge in [-0.2, -0.15) is 11.8 Å². The van der Waals surface area contributed by atoms with Crippen molar-refractivity contribution in [1.82, 2.24) is 0 Å². The molecular formula is C12H17NO2S. The van der Waals surface area contributed by atoms with Crippen LogP contribution in [0.2, 0.25) is 0 Å². The van der Waals surface area contributed by atoms with E-state index in [-0.39, 0.29) is 0 Å². The number of carbonyl (C=O) groups is 1. The summed E-state index contributed by atoms with van der Waals surface area (Å²) in [5.41, 5.74) is 6.92. The van der Waals surface area contributed by atoms with Gasteiger partial charge in [0, 0.05) is 5.75 Å². The molecule has 0 atom stereocenters. The van der Waals surface area contributed by atoms with Gasteiger partial charge in [0.1, 0.15) is 0 Å². The highest BCUT2D eigenvalue weighted by atomic mass is 32.2. The zero-order valence-electron chi connectivity index (χ0n) is 9.19. The predicted molar refractivity (Wildman–Crippen MR) is 67.9 cm³/mol. The monoisotopic (exact) mass is 239 g/mol. The number of aromatic carboxylic acids is 1. The van der Waals surface area contributed by atoms with Crippen LogP contribution in [0.3, 0.4) is 0 Å². The lowest BCUT2D eigenvalue weighted by atomic mass is 10.1. The molecule has 1 rings (SSSR count). The Bertz CT molecular complexity index is 324. The van der Waals surface area contributed by atoms with Crippen LogP contribution >= 0.6 is 11.8 Å². The van der Waals surface area contributed by atoms with Gasteiger partial charge < -0.3 is 10.8 Å². The Labute approximate surface area is 100 Å². The molecule has 3 nitrogen and oxygen atoms in total. The highest BCUT2D eigenvalue weighted by molar-refractivity contribution is 7.98. The van der Waals surface area contributed by atoms with Crippen LogP contribution in [-0.4, -0.2) is 23.4 Å². The number of carboxylic acids is 1. The number of unbranched alkanes of at least 4 members (excludes halogenated alkanes) is 1. The molecule has 0 unspecified atom stereocenters.